The normalized spacial score (nSPS) is 11.0. The molecule has 3 nitrogen and oxygen atoms in total. The first-order valence-corrected chi connectivity index (χ1v) is 6.62. The highest BCUT2D eigenvalue weighted by molar-refractivity contribution is 5.17. The molecule has 0 radical (unpaired) electrons. The standard InChI is InChI=1S/C14H24N2O/c1-3-5-9-16(10-6-4-2)12-13-7-8-14(17)11-15-13/h7-8,11,17H,3-6,9-10,12H2,1-2H3. The largest absolute Gasteiger partial charge is 0.506 e. The SMILES string of the molecule is CCCCN(CCCC)Cc1ccc(O)cn1. The fourth-order valence-corrected chi connectivity index (χ4v) is 1.77. The third-order valence-electron chi connectivity index (χ3n) is 2.85. The van der Waals surface area contributed by atoms with Gasteiger partial charge in [-0.2, -0.15) is 0 Å². The third kappa shape index (κ3) is 5.68. The minimum absolute atomic E-state index is 0.238. The van der Waals surface area contributed by atoms with Gasteiger partial charge in [-0.1, -0.05) is 26.7 Å². The molecule has 1 heterocycles. The molecule has 0 unspecified atom stereocenters. The molecule has 17 heavy (non-hydrogen) atoms. The highest BCUT2D eigenvalue weighted by Gasteiger charge is 2.05. The summed E-state index contributed by atoms with van der Waals surface area (Å²) in [5.41, 5.74) is 1.04. The van der Waals surface area contributed by atoms with Crippen LogP contribution in [0.3, 0.4) is 0 Å². The maximum Gasteiger partial charge on any atom is 0.133 e. The van der Waals surface area contributed by atoms with Crippen molar-refractivity contribution in [1.82, 2.24) is 9.88 Å². The lowest BCUT2D eigenvalue weighted by atomic mass is 10.2. The quantitative estimate of drug-likeness (QED) is 0.753. The summed E-state index contributed by atoms with van der Waals surface area (Å²) in [5.74, 6) is 0.238. The molecule has 0 aliphatic heterocycles. The van der Waals surface area contributed by atoms with Gasteiger partial charge in [-0.05, 0) is 38.1 Å². The predicted molar refractivity (Wildman–Crippen MR) is 71.0 cm³/mol. The zero-order chi connectivity index (χ0) is 12.5. The van der Waals surface area contributed by atoms with E-state index in [2.05, 4.69) is 23.7 Å². The van der Waals surface area contributed by atoms with Gasteiger partial charge >= 0.3 is 0 Å². The molecule has 0 bridgehead atoms. The van der Waals surface area contributed by atoms with Crippen LogP contribution in [0.4, 0.5) is 0 Å². The fourth-order valence-electron chi connectivity index (χ4n) is 1.77. The smallest absolute Gasteiger partial charge is 0.133 e. The van der Waals surface area contributed by atoms with Gasteiger partial charge in [-0.3, -0.25) is 9.88 Å². The van der Waals surface area contributed by atoms with Crippen molar-refractivity contribution >= 4 is 0 Å². The second kappa shape index (κ2) is 8.07. The maximum absolute atomic E-state index is 9.20. The number of aromatic hydroxyl groups is 1. The monoisotopic (exact) mass is 236 g/mol. The minimum atomic E-state index is 0.238. The minimum Gasteiger partial charge on any atom is -0.506 e. The molecule has 1 aromatic heterocycles. The zero-order valence-corrected chi connectivity index (χ0v) is 11.0. The summed E-state index contributed by atoms with van der Waals surface area (Å²) in [4.78, 5) is 6.69. The first kappa shape index (κ1) is 14.0. The molecule has 96 valence electrons. The second-order valence-corrected chi connectivity index (χ2v) is 4.49. The Kier molecular flexibility index (Phi) is 6.63. The van der Waals surface area contributed by atoms with Crippen molar-refractivity contribution in [3.63, 3.8) is 0 Å². The van der Waals surface area contributed by atoms with E-state index in [9.17, 15) is 5.11 Å². The van der Waals surface area contributed by atoms with Crippen LogP contribution in [0, 0.1) is 0 Å². The molecule has 1 N–H and O–H groups in total. The Morgan fingerprint density at radius 3 is 2.24 bits per heavy atom. The Bertz CT molecular complexity index is 290. The Hall–Kier alpha value is -1.09. The Morgan fingerprint density at radius 2 is 1.76 bits per heavy atom. The van der Waals surface area contributed by atoms with Crippen LogP contribution < -0.4 is 0 Å². The Balaban J connectivity index is 2.48. The van der Waals surface area contributed by atoms with E-state index in [0.717, 1.165) is 25.3 Å². The first-order valence-electron chi connectivity index (χ1n) is 6.62. The van der Waals surface area contributed by atoms with Crippen LogP contribution in [0.5, 0.6) is 5.75 Å². The van der Waals surface area contributed by atoms with Gasteiger partial charge in [0.05, 0.1) is 11.9 Å². The van der Waals surface area contributed by atoms with Gasteiger partial charge in [0.2, 0.25) is 0 Å². The van der Waals surface area contributed by atoms with E-state index in [0.29, 0.717) is 0 Å². The summed E-state index contributed by atoms with van der Waals surface area (Å²) in [7, 11) is 0. The number of hydrogen-bond acceptors (Lipinski definition) is 3. The second-order valence-electron chi connectivity index (χ2n) is 4.49. The lowest BCUT2D eigenvalue weighted by molar-refractivity contribution is 0.254. The van der Waals surface area contributed by atoms with Crippen LogP contribution in [0.1, 0.15) is 45.2 Å². The van der Waals surface area contributed by atoms with Crippen LogP contribution in [0.2, 0.25) is 0 Å². The molecule has 1 aromatic rings. The average Bonchev–Trinajstić information content (AvgIpc) is 2.35. The van der Waals surface area contributed by atoms with Gasteiger partial charge in [0.25, 0.3) is 0 Å². The molecule has 0 saturated carbocycles. The van der Waals surface area contributed by atoms with E-state index < -0.39 is 0 Å². The molecule has 0 aromatic carbocycles. The molecular weight excluding hydrogens is 212 g/mol. The van der Waals surface area contributed by atoms with Crippen molar-refractivity contribution in [3.05, 3.63) is 24.0 Å². The number of hydrogen-bond donors (Lipinski definition) is 1. The molecule has 0 saturated heterocycles. The van der Waals surface area contributed by atoms with E-state index >= 15 is 0 Å². The van der Waals surface area contributed by atoms with Gasteiger partial charge in [0.15, 0.2) is 0 Å². The van der Waals surface area contributed by atoms with Crippen molar-refractivity contribution in [2.24, 2.45) is 0 Å². The number of nitrogens with zero attached hydrogens (tertiary/aromatic N) is 2. The molecule has 1 rings (SSSR count). The predicted octanol–water partition coefficient (Wildman–Crippen LogP) is 3.19. The molecule has 0 aliphatic carbocycles. The van der Waals surface area contributed by atoms with Crippen molar-refractivity contribution in [2.75, 3.05) is 13.1 Å². The van der Waals surface area contributed by atoms with Crippen LogP contribution in [-0.2, 0) is 6.54 Å². The summed E-state index contributed by atoms with van der Waals surface area (Å²) >= 11 is 0. The average molecular weight is 236 g/mol. The van der Waals surface area contributed by atoms with Crippen molar-refractivity contribution in [3.8, 4) is 5.75 Å². The van der Waals surface area contributed by atoms with E-state index in [1.165, 1.54) is 31.9 Å². The topological polar surface area (TPSA) is 36.4 Å². The van der Waals surface area contributed by atoms with E-state index in [4.69, 9.17) is 0 Å². The maximum atomic E-state index is 9.20. The summed E-state index contributed by atoms with van der Waals surface area (Å²) in [6.07, 6.45) is 6.45. The highest BCUT2D eigenvalue weighted by Crippen LogP contribution is 2.09. The molecule has 3 heteroatoms. The number of aromatic nitrogens is 1. The third-order valence-corrected chi connectivity index (χ3v) is 2.85. The zero-order valence-electron chi connectivity index (χ0n) is 11.0. The van der Waals surface area contributed by atoms with E-state index in [1.807, 2.05) is 6.07 Å². The van der Waals surface area contributed by atoms with Crippen LogP contribution in [0.15, 0.2) is 18.3 Å². The summed E-state index contributed by atoms with van der Waals surface area (Å²) in [6, 6.07) is 3.61. The molecule has 0 fully saturated rings. The van der Waals surface area contributed by atoms with Crippen molar-refractivity contribution in [2.45, 2.75) is 46.1 Å². The van der Waals surface area contributed by atoms with Gasteiger partial charge in [-0.15, -0.1) is 0 Å². The van der Waals surface area contributed by atoms with E-state index in [-0.39, 0.29) is 5.75 Å². The van der Waals surface area contributed by atoms with Crippen LogP contribution in [0.25, 0.3) is 0 Å². The summed E-state index contributed by atoms with van der Waals surface area (Å²) in [6.45, 7) is 7.60. The number of pyridine rings is 1. The van der Waals surface area contributed by atoms with Gasteiger partial charge in [0, 0.05) is 6.54 Å². The van der Waals surface area contributed by atoms with Crippen LogP contribution >= 0.6 is 0 Å². The molecular formula is C14H24N2O. The fraction of sp³-hybridized carbons (Fsp3) is 0.643. The lowest BCUT2D eigenvalue weighted by Gasteiger charge is -2.21. The van der Waals surface area contributed by atoms with Gasteiger partial charge in [-0.25, -0.2) is 0 Å². The first-order chi connectivity index (χ1) is 8.26. The lowest BCUT2D eigenvalue weighted by Crippen LogP contribution is -2.26. The van der Waals surface area contributed by atoms with Gasteiger partial charge in [0.1, 0.15) is 5.75 Å². The molecule has 0 atom stereocenters. The van der Waals surface area contributed by atoms with E-state index in [1.54, 1.807) is 6.07 Å². The molecule has 0 amide bonds. The molecule has 0 aliphatic rings. The summed E-state index contributed by atoms with van der Waals surface area (Å²) < 4.78 is 0. The summed E-state index contributed by atoms with van der Waals surface area (Å²) in [5, 5.41) is 9.20. The Morgan fingerprint density at radius 1 is 1.12 bits per heavy atom. The highest BCUT2D eigenvalue weighted by atomic mass is 16.3. The van der Waals surface area contributed by atoms with Crippen LogP contribution in [-0.4, -0.2) is 28.1 Å². The molecule has 0 spiro atoms. The van der Waals surface area contributed by atoms with Crippen molar-refractivity contribution < 1.29 is 5.11 Å². The van der Waals surface area contributed by atoms with Gasteiger partial charge < -0.3 is 5.11 Å². The number of unbranched alkanes of at least 4 members (excludes halogenated alkanes) is 2. The number of rotatable bonds is 8. The Labute approximate surface area is 104 Å². The van der Waals surface area contributed by atoms with Crippen molar-refractivity contribution in [1.29, 1.82) is 0 Å².